The van der Waals surface area contributed by atoms with Crippen molar-refractivity contribution in [1.82, 2.24) is 9.88 Å². The highest BCUT2D eigenvalue weighted by Gasteiger charge is 2.24. The second kappa shape index (κ2) is 5.92. The lowest BCUT2D eigenvalue weighted by Crippen LogP contribution is -2.37. The predicted octanol–water partition coefficient (Wildman–Crippen LogP) is 4.19. The van der Waals surface area contributed by atoms with Crippen molar-refractivity contribution in [3.63, 3.8) is 0 Å². The summed E-state index contributed by atoms with van der Waals surface area (Å²) in [5.74, 6) is 0.729. The van der Waals surface area contributed by atoms with E-state index in [2.05, 4.69) is 35.3 Å². The van der Waals surface area contributed by atoms with Gasteiger partial charge in [-0.3, -0.25) is 4.79 Å². The van der Waals surface area contributed by atoms with E-state index < -0.39 is 0 Å². The number of amides is 1. The first-order valence-electron chi connectivity index (χ1n) is 8.22. The number of rotatable bonds is 2. The molecule has 1 saturated heterocycles. The van der Waals surface area contributed by atoms with Crippen LogP contribution in [0.5, 0.6) is 0 Å². The first-order chi connectivity index (χ1) is 11.3. The monoisotopic (exact) mass is 304 g/mol. The van der Waals surface area contributed by atoms with Gasteiger partial charge in [-0.25, -0.2) is 0 Å². The largest absolute Gasteiger partial charge is 0.361 e. The van der Waals surface area contributed by atoms with Crippen LogP contribution < -0.4 is 0 Å². The average Bonchev–Trinajstić information content (AvgIpc) is 3.10. The SMILES string of the molecule is O=C(c1ccc2[nH]ccc2c1)N1CCC(c2ccccc2)CC1. The summed E-state index contributed by atoms with van der Waals surface area (Å²) in [6.45, 7) is 1.67. The minimum absolute atomic E-state index is 0.152. The van der Waals surface area contributed by atoms with E-state index >= 15 is 0 Å². The van der Waals surface area contributed by atoms with Gasteiger partial charge in [-0.2, -0.15) is 0 Å². The van der Waals surface area contributed by atoms with Gasteiger partial charge < -0.3 is 9.88 Å². The Hall–Kier alpha value is -2.55. The zero-order valence-electron chi connectivity index (χ0n) is 13.0. The number of nitrogens with one attached hydrogen (secondary N) is 1. The molecule has 0 radical (unpaired) electrons. The van der Waals surface area contributed by atoms with Crippen molar-refractivity contribution in [2.75, 3.05) is 13.1 Å². The Balaban J connectivity index is 1.46. The van der Waals surface area contributed by atoms with Gasteiger partial charge >= 0.3 is 0 Å². The van der Waals surface area contributed by atoms with Gasteiger partial charge in [0.2, 0.25) is 0 Å². The summed E-state index contributed by atoms with van der Waals surface area (Å²) < 4.78 is 0. The van der Waals surface area contributed by atoms with Gasteiger partial charge in [0, 0.05) is 35.8 Å². The fraction of sp³-hybridized carbons (Fsp3) is 0.250. The predicted molar refractivity (Wildman–Crippen MR) is 92.6 cm³/mol. The van der Waals surface area contributed by atoms with E-state index in [1.165, 1.54) is 5.56 Å². The maximum Gasteiger partial charge on any atom is 0.253 e. The fourth-order valence-electron chi connectivity index (χ4n) is 3.51. The van der Waals surface area contributed by atoms with Crippen LogP contribution in [0.3, 0.4) is 0 Å². The molecule has 0 aliphatic carbocycles. The average molecular weight is 304 g/mol. The number of aromatic nitrogens is 1. The Morgan fingerprint density at radius 2 is 1.78 bits per heavy atom. The molecule has 1 N–H and O–H groups in total. The Morgan fingerprint density at radius 3 is 2.57 bits per heavy atom. The van der Waals surface area contributed by atoms with Gasteiger partial charge in [-0.05, 0) is 48.6 Å². The Labute approximate surface area is 135 Å². The third-order valence-electron chi connectivity index (χ3n) is 4.85. The van der Waals surface area contributed by atoms with E-state index in [0.29, 0.717) is 5.92 Å². The summed E-state index contributed by atoms with van der Waals surface area (Å²) in [5.41, 5.74) is 3.26. The standard InChI is InChI=1S/C20H20N2O/c23-20(18-6-7-19-17(14-18)8-11-21-19)22-12-9-16(10-13-22)15-4-2-1-3-5-15/h1-8,11,14,16,21H,9-10,12-13H2. The second-order valence-electron chi connectivity index (χ2n) is 6.26. The third kappa shape index (κ3) is 2.74. The highest BCUT2D eigenvalue weighted by atomic mass is 16.2. The molecule has 0 spiro atoms. The molecule has 1 aliphatic heterocycles. The van der Waals surface area contributed by atoms with Gasteiger partial charge in [-0.1, -0.05) is 30.3 Å². The summed E-state index contributed by atoms with van der Waals surface area (Å²) in [7, 11) is 0. The van der Waals surface area contributed by atoms with Crippen molar-refractivity contribution in [3.8, 4) is 0 Å². The summed E-state index contributed by atoms with van der Waals surface area (Å²) in [6, 6.07) is 18.5. The first kappa shape index (κ1) is 14.1. The Bertz CT molecular complexity index is 814. The molecule has 0 unspecified atom stereocenters. The Kier molecular flexibility index (Phi) is 3.62. The zero-order valence-corrected chi connectivity index (χ0v) is 13.0. The molecular formula is C20H20N2O. The molecule has 1 amide bonds. The second-order valence-corrected chi connectivity index (χ2v) is 6.26. The smallest absolute Gasteiger partial charge is 0.253 e. The number of likely N-dealkylation sites (tertiary alicyclic amines) is 1. The maximum absolute atomic E-state index is 12.7. The van der Waals surface area contributed by atoms with Gasteiger partial charge in [0.25, 0.3) is 5.91 Å². The van der Waals surface area contributed by atoms with Gasteiger partial charge in [0.1, 0.15) is 0 Å². The van der Waals surface area contributed by atoms with Crippen LogP contribution in [0.15, 0.2) is 60.8 Å². The van der Waals surface area contributed by atoms with Crippen LogP contribution in [-0.2, 0) is 0 Å². The van der Waals surface area contributed by atoms with Crippen LogP contribution in [0, 0.1) is 0 Å². The van der Waals surface area contributed by atoms with E-state index in [9.17, 15) is 4.79 Å². The van der Waals surface area contributed by atoms with Gasteiger partial charge in [0.05, 0.1) is 0 Å². The molecule has 0 atom stereocenters. The molecule has 3 aromatic rings. The van der Waals surface area contributed by atoms with E-state index in [1.807, 2.05) is 35.4 Å². The number of carbonyl (C=O) groups excluding carboxylic acids is 1. The minimum atomic E-state index is 0.152. The molecule has 23 heavy (non-hydrogen) atoms. The summed E-state index contributed by atoms with van der Waals surface area (Å²) >= 11 is 0. The highest BCUT2D eigenvalue weighted by Crippen LogP contribution is 2.28. The molecule has 4 rings (SSSR count). The molecule has 1 aliphatic rings. The summed E-state index contributed by atoms with van der Waals surface area (Å²) in [6.07, 6.45) is 3.99. The number of benzene rings is 2. The molecule has 3 heteroatoms. The van der Waals surface area contributed by atoms with Crippen molar-refractivity contribution < 1.29 is 4.79 Å². The van der Waals surface area contributed by atoms with Crippen molar-refractivity contribution in [3.05, 3.63) is 71.9 Å². The molecular weight excluding hydrogens is 284 g/mol. The number of aromatic amines is 1. The fourth-order valence-corrected chi connectivity index (χ4v) is 3.51. The van der Waals surface area contributed by atoms with Crippen LogP contribution in [0.25, 0.3) is 10.9 Å². The lowest BCUT2D eigenvalue weighted by Gasteiger charge is -2.32. The van der Waals surface area contributed by atoms with Gasteiger partial charge in [0.15, 0.2) is 0 Å². The van der Waals surface area contributed by atoms with Crippen LogP contribution >= 0.6 is 0 Å². The molecule has 0 bridgehead atoms. The summed E-state index contributed by atoms with van der Waals surface area (Å²) in [5, 5.41) is 1.09. The zero-order chi connectivity index (χ0) is 15.6. The minimum Gasteiger partial charge on any atom is -0.361 e. The van der Waals surface area contributed by atoms with Crippen LogP contribution in [0.4, 0.5) is 0 Å². The molecule has 3 nitrogen and oxygen atoms in total. The van der Waals surface area contributed by atoms with Crippen molar-refractivity contribution >= 4 is 16.8 Å². The Morgan fingerprint density at radius 1 is 1.00 bits per heavy atom. The van der Waals surface area contributed by atoms with Crippen molar-refractivity contribution in [2.45, 2.75) is 18.8 Å². The van der Waals surface area contributed by atoms with Crippen LogP contribution in [0.2, 0.25) is 0 Å². The molecule has 2 heterocycles. The van der Waals surface area contributed by atoms with Crippen molar-refractivity contribution in [2.24, 2.45) is 0 Å². The van der Waals surface area contributed by atoms with Crippen LogP contribution in [0.1, 0.15) is 34.7 Å². The highest BCUT2D eigenvalue weighted by molar-refractivity contribution is 5.98. The molecule has 2 aromatic carbocycles. The van der Waals surface area contributed by atoms with E-state index in [0.717, 1.165) is 42.4 Å². The van der Waals surface area contributed by atoms with Crippen LogP contribution in [-0.4, -0.2) is 28.9 Å². The number of nitrogens with zero attached hydrogens (tertiary/aromatic N) is 1. The first-order valence-corrected chi connectivity index (χ1v) is 8.22. The number of hydrogen-bond donors (Lipinski definition) is 1. The van der Waals surface area contributed by atoms with E-state index in [4.69, 9.17) is 0 Å². The molecule has 116 valence electrons. The number of H-pyrrole nitrogens is 1. The van der Waals surface area contributed by atoms with E-state index in [-0.39, 0.29) is 5.91 Å². The lowest BCUT2D eigenvalue weighted by molar-refractivity contribution is 0.0713. The summed E-state index contributed by atoms with van der Waals surface area (Å²) in [4.78, 5) is 17.9. The van der Waals surface area contributed by atoms with E-state index in [1.54, 1.807) is 0 Å². The normalized spacial score (nSPS) is 15.9. The maximum atomic E-state index is 12.7. The number of carbonyl (C=O) groups is 1. The molecule has 1 aromatic heterocycles. The molecule has 1 fully saturated rings. The number of piperidine rings is 1. The lowest BCUT2D eigenvalue weighted by atomic mass is 9.89. The quantitative estimate of drug-likeness (QED) is 0.757. The van der Waals surface area contributed by atoms with Gasteiger partial charge in [-0.15, -0.1) is 0 Å². The number of hydrogen-bond acceptors (Lipinski definition) is 1. The molecule has 0 saturated carbocycles. The third-order valence-corrected chi connectivity index (χ3v) is 4.85. The topological polar surface area (TPSA) is 36.1 Å². The number of fused-ring (bicyclic) bond motifs is 1. The van der Waals surface area contributed by atoms with Crippen molar-refractivity contribution in [1.29, 1.82) is 0 Å².